The summed E-state index contributed by atoms with van der Waals surface area (Å²) < 4.78 is 22.4. The summed E-state index contributed by atoms with van der Waals surface area (Å²) in [7, 11) is 3.26. The Bertz CT molecular complexity index is 1080. The summed E-state index contributed by atoms with van der Waals surface area (Å²) in [6.45, 7) is 1.99. The molecule has 1 saturated heterocycles. The van der Waals surface area contributed by atoms with E-state index in [2.05, 4.69) is 30.2 Å². The Hall–Kier alpha value is -2.56. The first kappa shape index (κ1) is 22.6. The van der Waals surface area contributed by atoms with Crippen LogP contribution in [-0.4, -0.2) is 69.8 Å². The number of nitrogens with one attached hydrogen (secondary N) is 1. The van der Waals surface area contributed by atoms with Gasteiger partial charge in [0.2, 0.25) is 5.28 Å². The fourth-order valence-corrected chi connectivity index (χ4v) is 4.86. The smallest absolute Gasteiger partial charge is 0.225 e. The van der Waals surface area contributed by atoms with Gasteiger partial charge in [0.1, 0.15) is 28.9 Å². The molecule has 0 unspecified atom stereocenters. The van der Waals surface area contributed by atoms with E-state index in [1.807, 2.05) is 18.2 Å². The zero-order valence-corrected chi connectivity index (χ0v) is 19.6. The topological polar surface area (TPSA) is 108 Å². The van der Waals surface area contributed by atoms with E-state index in [-0.39, 0.29) is 5.28 Å². The highest BCUT2D eigenvalue weighted by Crippen LogP contribution is 2.29. The summed E-state index contributed by atoms with van der Waals surface area (Å²) in [5.41, 5.74) is 2.38. The molecule has 1 fully saturated rings. The number of anilines is 2. The van der Waals surface area contributed by atoms with E-state index in [0.29, 0.717) is 59.6 Å². The van der Waals surface area contributed by atoms with E-state index in [1.165, 1.54) is 6.33 Å². The number of hydrogen-bond acceptors (Lipinski definition) is 9. The standard InChI is InChI=1S/C21H25ClN6O3S/c1-30-15-6-5-14(12-16(15)31-2)4-3-7-23-19-17-18(24-13-25-19)20(27-21(22)26-17)28-8-10-32(29)11-9-28/h5-6,12-13H,3-4,7-11H2,1-2H3,(H,23,24,25). The molecule has 3 aromatic rings. The number of fused-ring (bicyclic) bond motifs is 1. The average Bonchev–Trinajstić information content (AvgIpc) is 2.82. The van der Waals surface area contributed by atoms with E-state index in [1.54, 1.807) is 14.2 Å². The van der Waals surface area contributed by atoms with Crippen molar-refractivity contribution in [3.05, 3.63) is 35.4 Å². The van der Waals surface area contributed by atoms with Gasteiger partial charge < -0.3 is 24.2 Å². The third kappa shape index (κ3) is 5.08. The van der Waals surface area contributed by atoms with Crippen molar-refractivity contribution in [3.63, 3.8) is 0 Å². The van der Waals surface area contributed by atoms with Crippen molar-refractivity contribution in [2.45, 2.75) is 12.8 Å². The zero-order valence-electron chi connectivity index (χ0n) is 18.0. The maximum atomic E-state index is 11.7. The van der Waals surface area contributed by atoms with Gasteiger partial charge in [0.15, 0.2) is 23.1 Å². The minimum absolute atomic E-state index is 0.141. The Labute approximate surface area is 194 Å². The van der Waals surface area contributed by atoms with Crippen molar-refractivity contribution >= 4 is 45.4 Å². The first-order valence-corrected chi connectivity index (χ1v) is 12.2. The molecule has 0 bridgehead atoms. The van der Waals surface area contributed by atoms with Crippen LogP contribution in [0.2, 0.25) is 5.28 Å². The lowest BCUT2D eigenvalue weighted by Gasteiger charge is -2.29. The lowest BCUT2D eigenvalue weighted by atomic mass is 10.1. The first-order chi connectivity index (χ1) is 15.6. The summed E-state index contributed by atoms with van der Waals surface area (Å²) in [5, 5.41) is 3.49. The van der Waals surface area contributed by atoms with Gasteiger partial charge in [-0.1, -0.05) is 17.2 Å². The third-order valence-corrected chi connectivity index (χ3v) is 6.74. The molecule has 1 N–H and O–H groups in total. The van der Waals surface area contributed by atoms with E-state index >= 15 is 0 Å². The number of methoxy groups -OCH3 is 2. The molecule has 0 amide bonds. The van der Waals surface area contributed by atoms with Crippen molar-refractivity contribution in [1.82, 2.24) is 19.9 Å². The van der Waals surface area contributed by atoms with Crippen molar-refractivity contribution in [2.24, 2.45) is 0 Å². The van der Waals surface area contributed by atoms with Crippen LogP contribution in [0.25, 0.3) is 11.0 Å². The molecule has 2 aromatic heterocycles. The van der Waals surface area contributed by atoms with E-state index in [9.17, 15) is 4.55 Å². The minimum atomic E-state index is -0.782. The number of benzene rings is 1. The summed E-state index contributed by atoms with van der Waals surface area (Å²) in [4.78, 5) is 19.6. The van der Waals surface area contributed by atoms with Gasteiger partial charge in [-0.25, -0.2) is 15.0 Å². The quantitative estimate of drug-likeness (QED) is 0.298. The summed E-state index contributed by atoms with van der Waals surface area (Å²) >= 11 is 5.44. The lowest BCUT2D eigenvalue weighted by Crippen LogP contribution is -2.41. The van der Waals surface area contributed by atoms with Gasteiger partial charge in [-0.3, -0.25) is 0 Å². The Balaban J connectivity index is 1.46. The predicted molar refractivity (Wildman–Crippen MR) is 127 cm³/mol. The molecule has 0 spiro atoms. The first-order valence-electron chi connectivity index (χ1n) is 10.3. The number of ether oxygens (including phenoxy) is 2. The molecule has 170 valence electrons. The number of hydrogen-bond donors (Lipinski definition) is 1. The number of rotatable bonds is 8. The van der Waals surface area contributed by atoms with E-state index in [0.717, 1.165) is 24.2 Å². The van der Waals surface area contributed by atoms with Crippen molar-refractivity contribution < 1.29 is 14.0 Å². The van der Waals surface area contributed by atoms with E-state index in [4.69, 9.17) is 21.1 Å². The van der Waals surface area contributed by atoms with Crippen LogP contribution in [0, 0.1) is 0 Å². The second-order valence-corrected chi connectivity index (χ2v) is 9.32. The molecular formula is C21H25ClN6O3S. The Morgan fingerprint density at radius 2 is 1.88 bits per heavy atom. The van der Waals surface area contributed by atoms with Crippen molar-refractivity contribution in [3.8, 4) is 11.5 Å². The van der Waals surface area contributed by atoms with Crippen LogP contribution in [0.5, 0.6) is 11.5 Å². The van der Waals surface area contributed by atoms with Gasteiger partial charge in [-0.05, 0) is 42.1 Å². The molecule has 3 heterocycles. The number of nitrogens with zero attached hydrogens (tertiary/aromatic N) is 5. The largest absolute Gasteiger partial charge is 0.616 e. The highest BCUT2D eigenvalue weighted by molar-refractivity contribution is 7.91. The van der Waals surface area contributed by atoms with Gasteiger partial charge >= 0.3 is 0 Å². The van der Waals surface area contributed by atoms with Gasteiger partial charge in [0.25, 0.3) is 0 Å². The summed E-state index contributed by atoms with van der Waals surface area (Å²) in [5.74, 6) is 3.93. The fraction of sp³-hybridized carbons (Fsp3) is 0.429. The molecule has 0 radical (unpaired) electrons. The molecule has 9 nitrogen and oxygen atoms in total. The van der Waals surface area contributed by atoms with Crippen LogP contribution < -0.4 is 19.7 Å². The molecular weight excluding hydrogens is 452 g/mol. The Morgan fingerprint density at radius 3 is 2.62 bits per heavy atom. The number of aryl methyl sites for hydroxylation is 1. The molecule has 0 saturated carbocycles. The van der Waals surface area contributed by atoms with Crippen LogP contribution in [0.15, 0.2) is 24.5 Å². The molecule has 1 aliphatic heterocycles. The zero-order chi connectivity index (χ0) is 22.5. The maximum absolute atomic E-state index is 11.7. The summed E-state index contributed by atoms with van der Waals surface area (Å²) in [6, 6.07) is 5.94. The van der Waals surface area contributed by atoms with Crippen molar-refractivity contribution in [1.29, 1.82) is 0 Å². The second-order valence-electron chi connectivity index (χ2n) is 7.29. The second kappa shape index (κ2) is 10.4. The van der Waals surface area contributed by atoms with Gasteiger partial charge in [0.05, 0.1) is 27.3 Å². The minimum Gasteiger partial charge on any atom is -0.616 e. The highest BCUT2D eigenvalue weighted by atomic mass is 35.5. The van der Waals surface area contributed by atoms with Crippen LogP contribution in [0.3, 0.4) is 0 Å². The maximum Gasteiger partial charge on any atom is 0.225 e. The number of halogens is 1. The molecule has 0 aliphatic carbocycles. The van der Waals surface area contributed by atoms with Crippen LogP contribution in [0.1, 0.15) is 12.0 Å². The third-order valence-electron chi connectivity index (χ3n) is 5.30. The molecule has 0 atom stereocenters. The van der Waals surface area contributed by atoms with Crippen LogP contribution in [-0.2, 0) is 17.6 Å². The van der Waals surface area contributed by atoms with Crippen LogP contribution in [0.4, 0.5) is 11.6 Å². The normalized spacial score (nSPS) is 14.6. The lowest BCUT2D eigenvalue weighted by molar-refractivity contribution is 0.354. The number of aromatic nitrogens is 4. The predicted octanol–water partition coefficient (Wildman–Crippen LogP) is 2.70. The molecule has 1 aromatic carbocycles. The van der Waals surface area contributed by atoms with Gasteiger partial charge in [0, 0.05) is 6.54 Å². The van der Waals surface area contributed by atoms with Gasteiger partial charge in [-0.2, -0.15) is 4.98 Å². The Kier molecular flexibility index (Phi) is 7.33. The average molecular weight is 477 g/mol. The summed E-state index contributed by atoms with van der Waals surface area (Å²) in [6.07, 6.45) is 3.24. The Morgan fingerprint density at radius 1 is 1.09 bits per heavy atom. The highest BCUT2D eigenvalue weighted by Gasteiger charge is 2.24. The molecule has 4 rings (SSSR count). The monoisotopic (exact) mass is 476 g/mol. The van der Waals surface area contributed by atoms with Crippen LogP contribution >= 0.6 is 11.6 Å². The fourth-order valence-electron chi connectivity index (χ4n) is 3.64. The molecule has 11 heteroatoms. The molecule has 1 aliphatic rings. The molecule has 32 heavy (non-hydrogen) atoms. The SMILES string of the molecule is COc1ccc(CCCNc2ncnc3c(N4CC[S+]([O-])CC4)nc(Cl)nc23)cc1OC. The van der Waals surface area contributed by atoms with Gasteiger partial charge in [-0.15, -0.1) is 0 Å². The van der Waals surface area contributed by atoms with Crippen molar-refractivity contribution in [2.75, 3.05) is 55.6 Å². The van der Waals surface area contributed by atoms with E-state index < -0.39 is 11.2 Å².